The van der Waals surface area contributed by atoms with Gasteiger partial charge < -0.3 is 11.1 Å². The van der Waals surface area contributed by atoms with Crippen LogP contribution in [0.4, 0.5) is 5.69 Å². The number of rotatable bonds is 3. The lowest BCUT2D eigenvalue weighted by atomic mass is 9.61. The summed E-state index contributed by atoms with van der Waals surface area (Å²) in [4.78, 5) is 12.5. The lowest BCUT2D eigenvalue weighted by molar-refractivity contribution is -0.123. The van der Waals surface area contributed by atoms with Gasteiger partial charge in [-0.2, -0.15) is 0 Å². The predicted molar refractivity (Wildman–Crippen MR) is 115 cm³/mol. The maximum atomic E-state index is 12.5. The number of halogens is 1. The first kappa shape index (κ1) is 18.3. The molecule has 0 unspecified atom stereocenters. The molecule has 2 aromatic rings. The Morgan fingerprint density at radius 2 is 1.78 bits per heavy atom. The van der Waals surface area contributed by atoms with Crippen molar-refractivity contribution >= 4 is 33.6 Å². The molecule has 4 heteroatoms. The Kier molecular flexibility index (Phi) is 4.42. The molecule has 0 bridgehead atoms. The largest absolute Gasteiger partial charge is 0.371 e. The smallest absolute Gasteiger partial charge is 0.243 e. The van der Waals surface area contributed by atoms with Gasteiger partial charge in [-0.25, -0.2) is 0 Å². The third kappa shape index (κ3) is 2.91. The number of amides is 1. The first-order valence-electron chi connectivity index (χ1n) is 9.49. The van der Waals surface area contributed by atoms with Gasteiger partial charge in [-0.05, 0) is 74.4 Å². The van der Waals surface area contributed by atoms with Crippen molar-refractivity contribution in [2.24, 2.45) is 5.73 Å². The highest BCUT2D eigenvalue weighted by Gasteiger charge is 2.50. The fraction of sp³-hybridized carbons (Fsp3) is 0.348. The zero-order chi connectivity index (χ0) is 19.2. The lowest BCUT2D eigenvalue weighted by Gasteiger charge is -2.46. The van der Waals surface area contributed by atoms with Gasteiger partial charge in [0.05, 0.1) is 0 Å². The molecule has 1 amide bonds. The second-order valence-corrected chi connectivity index (χ2v) is 8.95. The average Bonchev–Trinajstić information content (AvgIpc) is 2.90. The van der Waals surface area contributed by atoms with E-state index < -0.39 is 5.54 Å². The summed E-state index contributed by atoms with van der Waals surface area (Å²) < 4.78 is 0.985. The molecule has 3 nitrogen and oxygen atoms in total. The minimum atomic E-state index is -0.697. The number of carbonyl (C=O) groups is 1. The fourth-order valence-electron chi connectivity index (χ4n) is 5.06. The molecule has 2 aliphatic rings. The topological polar surface area (TPSA) is 55.1 Å². The Bertz CT molecular complexity index is 939. The van der Waals surface area contributed by atoms with E-state index in [2.05, 4.69) is 59.4 Å². The van der Waals surface area contributed by atoms with E-state index >= 15 is 0 Å². The first-order chi connectivity index (χ1) is 12.9. The van der Waals surface area contributed by atoms with Gasteiger partial charge in [-0.3, -0.25) is 4.79 Å². The number of anilines is 1. The molecule has 4 rings (SSSR count). The standard InChI is InChI=1S/C23H25BrN2O/c1-15-5-3-6-17-13-16(2)22(20(15)17)9-11-23(12-10-22,21(25)27)26-19-8-4-7-18(24)14-19/h3-8,13-14,26H,9-12H2,1-2H3,(H2,25,27). The summed E-state index contributed by atoms with van der Waals surface area (Å²) in [5, 5.41) is 3.47. The summed E-state index contributed by atoms with van der Waals surface area (Å²) in [6.45, 7) is 4.43. The Hall–Kier alpha value is -2.07. The number of primary amides is 1. The number of nitrogens with one attached hydrogen (secondary N) is 1. The molecule has 27 heavy (non-hydrogen) atoms. The highest BCUT2D eigenvalue weighted by atomic mass is 79.9. The fourth-order valence-corrected chi connectivity index (χ4v) is 5.46. The molecule has 0 radical (unpaired) electrons. The molecular weight excluding hydrogens is 400 g/mol. The molecule has 1 fully saturated rings. The summed E-state index contributed by atoms with van der Waals surface area (Å²) in [5.41, 5.74) is 11.7. The number of carbonyl (C=O) groups excluding carboxylic acids is 1. The molecule has 0 aliphatic heterocycles. The summed E-state index contributed by atoms with van der Waals surface area (Å²) in [6, 6.07) is 14.5. The molecule has 0 aromatic heterocycles. The van der Waals surface area contributed by atoms with Gasteiger partial charge in [0.2, 0.25) is 5.91 Å². The van der Waals surface area contributed by atoms with Gasteiger partial charge in [0.1, 0.15) is 5.54 Å². The number of hydrogen-bond donors (Lipinski definition) is 2. The van der Waals surface area contributed by atoms with E-state index in [0.29, 0.717) is 0 Å². The SMILES string of the molecule is CC1=Cc2cccc(C)c2C12CCC(Nc1cccc(Br)c1)(C(N)=O)CC2. The van der Waals surface area contributed by atoms with Crippen LogP contribution in [0.3, 0.4) is 0 Å². The van der Waals surface area contributed by atoms with Crippen LogP contribution < -0.4 is 11.1 Å². The Labute approximate surface area is 169 Å². The van der Waals surface area contributed by atoms with Gasteiger partial charge >= 0.3 is 0 Å². The minimum absolute atomic E-state index is 0.0403. The van der Waals surface area contributed by atoms with Crippen molar-refractivity contribution in [3.63, 3.8) is 0 Å². The van der Waals surface area contributed by atoms with Crippen LogP contribution in [0.5, 0.6) is 0 Å². The Morgan fingerprint density at radius 1 is 1.07 bits per heavy atom. The van der Waals surface area contributed by atoms with E-state index in [4.69, 9.17) is 5.73 Å². The number of allylic oxidation sites excluding steroid dienone is 1. The van der Waals surface area contributed by atoms with Crippen LogP contribution in [-0.4, -0.2) is 11.4 Å². The van der Waals surface area contributed by atoms with E-state index in [9.17, 15) is 4.79 Å². The van der Waals surface area contributed by atoms with Crippen molar-refractivity contribution in [1.82, 2.24) is 0 Å². The van der Waals surface area contributed by atoms with Crippen LogP contribution in [0.15, 0.2) is 52.5 Å². The maximum Gasteiger partial charge on any atom is 0.243 e. The van der Waals surface area contributed by atoms with E-state index in [1.54, 1.807) is 0 Å². The van der Waals surface area contributed by atoms with E-state index in [-0.39, 0.29) is 11.3 Å². The third-order valence-corrected chi connectivity index (χ3v) is 7.04. The first-order valence-corrected chi connectivity index (χ1v) is 10.3. The van der Waals surface area contributed by atoms with Crippen molar-refractivity contribution in [2.45, 2.75) is 50.5 Å². The summed E-state index contributed by atoms with van der Waals surface area (Å²) in [6.07, 6.45) is 5.64. The van der Waals surface area contributed by atoms with Gasteiger partial charge in [-0.1, -0.05) is 51.8 Å². The Balaban J connectivity index is 1.66. The van der Waals surface area contributed by atoms with Crippen LogP contribution in [-0.2, 0) is 10.2 Å². The van der Waals surface area contributed by atoms with Crippen LogP contribution in [0.1, 0.15) is 49.3 Å². The highest BCUT2D eigenvalue weighted by molar-refractivity contribution is 9.10. The van der Waals surface area contributed by atoms with Crippen LogP contribution in [0.2, 0.25) is 0 Å². The zero-order valence-electron chi connectivity index (χ0n) is 15.8. The molecule has 1 saturated carbocycles. The van der Waals surface area contributed by atoms with Crippen LogP contribution in [0.25, 0.3) is 6.08 Å². The summed E-state index contributed by atoms with van der Waals surface area (Å²) >= 11 is 3.50. The quantitative estimate of drug-likeness (QED) is 0.699. The molecular formula is C23H25BrN2O. The van der Waals surface area contributed by atoms with Crippen LogP contribution >= 0.6 is 15.9 Å². The molecule has 0 saturated heterocycles. The van der Waals surface area contributed by atoms with Crippen molar-refractivity contribution < 1.29 is 4.79 Å². The lowest BCUT2D eigenvalue weighted by Crippen LogP contribution is -2.55. The number of benzene rings is 2. The van der Waals surface area contributed by atoms with Gasteiger partial charge in [0, 0.05) is 15.6 Å². The van der Waals surface area contributed by atoms with Gasteiger partial charge in [0.15, 0.2) is 0 Å². The predicted octanol–water partition coefficient (Wildman–Crippen LogP) is 5.32. The molecule has 2 aromatic carbocycles. The summed E-state index contributed by atoms with van der Waals surface area (Å²) in [5.74, 6) is -0.262. The second kappa shape index (κ2) is 6.52. The average molecular weight is 425 g/mol. The normalized spacial score (nSPS) is 26.6. The van der Waals surface area contributed by atoms with Gasteiger partial charge in [-0.15, -0.1) is 0 Å². The number of aryl methyl sites for hydroxylation is 1. The molecule has 140 valence electrons. The molecule has 3 N–H and O–H groups in total. The number of hydrogen-bond acceptors (Lipinski definition) is 2. The zero-order valence-corrected chi connectivity index (χ0v) is 17.4. The second-order valence-electron chi connectivity index (χ2n) is 8.03. The van der Waals surface area contributed by atoms with Crippen molar-refractivity contribution in [2.75, 3.05) is 5.32 Å². The maximum absolute atomic E-state index is 12.5. The molecule has 0 heterocycles. The van der Waals surface area contributed by atoms with Crippen molar-refractivity contribution in [3.8, 4) is 0 Å². The third-order valence-electron chi connectivity index (χ3n) is 6.55. The van der Waals surface area contributed by atoms with Crippen LogP contribution in [0, 0.1) is 6.92 Å². The van der Waals surface area contributed by atoms with E-state index in [0.717, 1.165) is 35.8 Å². The Morgan fingerprint density at radius 3 is 2.44 bits per heavy atom. The van der Waals surface area contributed by atoms with Gasteiger partial charge in [0.25, 0.3) is 0 Å². The van der Waals surface area contributed by atoms with Crippen molar-refractivity contribution in [3.05, 3.63) is 69.2 Å². The molecule has 2 aliphatic carbocycles. The minimum Gasteiger partial charge on any atom is -0.371 e. The van der Waals surface area contributed by atoms with E-state index in [1.165, 1.54) is 22.3 Å². The van der Waals surface area contributed by atoms with Crippen molar-refractivity contribution in [1.29, 1.82) is 0 Å². The number of nitrogens with two attached hydrogens (primary N) is 1. The summed E-state index contributed by atoms with van der Waals surface area (Å²) in [7, 11) is 0. The monoisotopic (exact) mass is 424 g/mol. The number of fused-ring (bicyclic) bond motifs is 2. The molecule has 1 spiro atoms. The van der Waals surface area contributed by atoms with E-state index in [1.807, 2.05) is 24.3 Å². The molecule has 0 atom stereocenters. The highest BCUT2D eigenvalue weighted by Crippen LogP contribution is 2.54.